The quantitative estimate of drug-likeness (QED) is 0.340. The van der Waals surface area contributed by atoms with Crippen molar-refractivity contribution in [3.05, 3.63) is 0 Å². The van der Waals surface area contributed by atoms with Crippen molar-refractivity contribution in [1.29, 1.82) is 0 Å². The van der Waals surface area contributed by atoms with Crippen LogP contribution in [-0.4, -0.2) is 118 Å². The summed E-state index contributed by atoms with van der Waals surface area (Å²) in [5.41, 5.74) is 0. The summed E-state index contributed by atoms with van der Waals surface area (Å²) in [6.45, 7) is 12.6. The normalized spacial score (nSPS) is 17.7. The zero-order chi connectivity index (χ0) is 22.9. The van der Waals surface area contributed by atoms with E-state index in [1.165, 1.54) is 0 Å². The second-order valence-corrected chi connectivity index (χ2v) is 7.59. The zero-order valence-electron chi connectivity index (χ0n) is 18.3. The standard InChI is InChI=1S/3C5H9NO2.C5H12O/c3*7-5(8)1-2-6-3-4-6;1-3-4-5(2)6/h3*1-4H2,(H,7,8);5-6H,3-4H2,1-2H3. The smallest absolute Gasteiger partial charge is 0.304 e. The van der Waals surface area contributed by atoms with E-state index in [2.05, 4.69) is 21.6 Å². The van der Waals surface area contributed by atoms with Crippen molar-refractivity contribution in [2.24, 2.45) is 0 Å². The lowest BCUT2D eigenvalue weighted by molar-refractivity contribution is -0.138. The highest BCUT2D eigenvalue weighted by Gasteiger charge is 2.18. The highest BCUT2D eigenvalue weighted by Crippen LogP contribution is 2.03. The third kappa shape index (κ3) is 26.2. The number of rotatable bonds is 11. The summed E-state index contributed by atoms with van der Waals surface area (Å²) in [6, 6.07) is 0. The Morgan fingerprint density at radius 3 is 1.07 bits per heavy atom. The summed E-state index contributed by atoms with van der Waals surface area (Å²) in [5.74, 6) is -2.09. The van der Waals surface area contributed by atoms with Crippen LogP contribution in [0.5, 0.6) is 0 Å². The van der Waals surface area contributed by atoms with Gasteiger partial charge in [0.05, 0.1) is 25.4 Å². The first-order chi connectivity index (χ1) is 14.1. The molecule has 10 nitrogen and oxygen atoms in total. The monoisotopic (exact) mass is 433 g/mol. The lowest BCUT2D eigenvalue weighted by atomic mass is 10.2. The topological polar surface area (TPSA) is 141 Å². The number of carbonyl (C=O) groups is 3. The van der Waals surface area contributed by atoms with Gasteiger partial charge in [0, 0.05) is 58.9 Å². The van der Waals surface area contributed by atoms with Gasteiger partial charge in [0.25, 0.3) is 0 Å². The minimum atomic E-state index is -0.697. The van der Waals surface area contributed by atoms with Crippen LogP contribution in [0.4, 0.5) is 0 Å². The third-order valence-corrected chi connectivity index (χ3v) is 4.25. The van der Waals surface area contributed by atoms with Crippen LogP contribution in [0.25, 0.3) is 0 Å². The number of carboxylic acid groups (broad SMARTS) is 3. The highest BCUT2D eigenvalue weighted by molar-refractivity contribution is 5.67. The van der Waals surface area contributed by atoms with Crippen LogP contribution in [0.3, 0.4) is 0 Å². The van der Waals surface area contributed by atoms with Crippen molar-refractivity contribution in [3.8, 4) is 0 Å². The molecule has 0 saturated carbocycles. The molecule has 3 heterocycles. The van der Waals surface area contributed by atoms with Crippen LogP contribution in [-0.2, 0) is 14.4 Å². The van der Waals surface area contributed by atoms with E-state index in [1.807, 2.05) is 6.92 Å². The van der Waals surface area contributed by atoms with Gasteiger partial charge in [0.2, 0.25) is 0 Å². The summed E-state index contributed by atoms with van der Waals surface area (Å²) in [7, 11) is 0. The van der Waals surface area contributed by atoms with Gasteiger partial charge in [-0.3, -0.25) is 14.4 Å². The fourth-order valence-electron chi connectivity index (χ4n) is 2.06. The molecule has 3 aliphatic heterocycles. The molecule has 3 saturated heterocycles. The molecule has 3 rings (SSSR count). The molecule has 1 unspecified atom stereocenters. The Morgan fingerprint density at radius 2 is 0.967 bits per heavy atom. The summed E-state index contributed by atoms with van der Waals surface area (Å²) >= 11 is 0. The number of aliphatic hydroxyl groups excluding tert-OH is 1. The highest BCUT2D eigenvalue weighted by atomic mass is 16.4. The number of nitrogens with zero attached hydrogens (tertiary/aromatic N) is 3. The maximum Gasteiger partial charge on any atom is 0.304 e. The second kappa shape index (κ2) is 17.0. The molecule has 30 heavy (non-hydrogen) atoms. The lowest BCUT2D eigenvalue weighted by Crippen LogP contribution is -2.05. The zero-order valence-corrected chi connectivity index (χ0v) is 18.3. The van der Waals surface area contributed by atoms with Crippen LogP contribution in [0.15, 0.2) is 0 Å². The number of aliphatic carboxylic acids is 3. The minimum Gasteiger partial charge on any atom is -0.481 e. The van der Waals surface area contributed by atoms with Gasteiger partial charge in [-0.1, -0.05) is 13.3 Å². The Labute approximate surface area is 179 Å². The number of hydrogen-bond donors (Lipinski definition) is 4. The van der Waals surface area contributed by atoms with Gasteiger partial charge in [-0.05, 0) is 13.3 Å². The van der Waals surface area contributed by atoms with Crippen LogP contribution in [0, 0.1) is 0 Å². The lowest BCUT2D eigenvalue weighted by Gasteiger charge is -1.95. The summed E-state index contributed by atoms with van der Waals surface area (Å²) in [6.07, 6.45) is 2.78. The van der Waals surface area contributed by atoms with Crippen molar-refractivity contribution in [2.75, 3.05) is 58.9 Å². The van der Waals surface area contributed by atoms with Gasteiger partial charge in [-0.25, -0.2) is 0 Å². The van der Waals surface area contributed by atoms with Crippen molar-refractivity contribution < 1.29 is 34.8 Å². The van der Waals surface area contributed by atoms with Gasteiger partial charge in [0.15, 0.2) is 0 Å². The second-order valence-electron chi connectivity index (χ2n) is 7.59. The Balaban J connectivity index is 0.000000377. The van der Waals surface area contributed by atoms with Gasteiger partial charge < -0.3 is 35.1 Å². The van der Waals surface area contributed by atoms with Crippen LogP contribution < -0.4 is 0 Å². The van der Waals surface area contributed by atoms with E-state index in [0.29, 0.717) is 19.3 Å². The molecule has 0 aromatic heterocycles. The Morgan fingerprint density at radius 1 is 0.700 bits per heavy atom. The molecule has 0 aliphatic carbocycles. The number of carboxylic acids is 3. The molecule has 0 aromatic rings. The van der Waals surface area contributed by atoms with Crippen molar-refractivity contribution in [1.82, 2.24) is 14.7 Å². The fourth-order valence-corrected chi connectivity index (χ4v) is 2.06. The van der Waals surface area contributed by atoms with E-state index in [-0.39, 0.29) is 6.10 Å². The molecule has 0 bridgehead atoms. The molecule has 176 valence electrons. The van der Waals surface area contributed by atoms with Crippen molar-refractivity contribution in [3.63, 3.8) is 0 Å². The largest absolute Gasteiger partial charge is 0.481 e. The van der Waals surface area contributed by atoms with E-state index in [4.69, 9.17) is 20.4 Å². The average molecular weight is 434 g/mol. The van der Waals surface area contributed by atoms with Gasteiger partial charge >= 0.3 is 17.9 Å². The molecule has 4 N–H and O–H groups in total. The van der Waals surface area contributed by atoms with E-state index >= 15 is 0 Å². The molecule has 3 aliphatic rings. The van der Waals surface area contributed by atoms with Crippen LogP contribution in [0.1, 0.15) is 46.0 Å². The van der Waals surface area contributed by atoms with Crippen molar-refractivity contribution >= 4 is 17.9 Å². The summed E-state index contributed by atoms with van der Waals surface area (Å²) in [5, 5.41) is 33.0. The molecular formula is C20H39N3O7. The first-order valence-electron chi connectivity index (χ1n) is 10.6. The summed E-state index contributed by atoms with van der Waals surface area (Å²) in [4.78, 5) is 36.0. The molecule has 0 spiro atoms. The van der Waals surface area contributed by atoms with E-state index in [9.17, 15) is 14.4 Å². The fraction of sp³-hybridized carbons (Fsp3) is 0.850. The van der Waals surface area contributed by atoms with Gasteiger partial charge in [0.1, 0.15) is 0 Å². The van der Waals surface area contributed by atoms with E-state index < -0.39 is 17.9 Å². The minimum absolute atomic E-state index is 0.102. The average Bonchev–Trinajstić information content (AvgIpc) is 3.52. The van der Waals surface area contributed by atoms with Crippen LogP contribution >= 0.6 is 0 Å². The Bertz CT molecular complexity index is 429. The SMILES string of the molecule is CCCC(C)O.O=C(O)CCN1CC1.O=C(O)CCN1CC1.O=C(O)CCN1CC1. The van der Waals surface area contributed by atoms with Gasteiger partial charge in [-0.2, -0.15) is 0 Å². The van der Waals surface area contributed by atoms with E-state index in [1.54, 1.807) is 0 Å². The van der Waals surface area contributed by atoms with Crippen LogP contribution in [0.2, 0.25) is 0 Å². The molecule has 0 radical (unpaired) electrons. The molecule has 0 aromatic carbocycles. The molecule has 0 amide bonds. The first-order valence-corrected chi connectivity index (χ1v) is 10.6. The van der Waals surface area contributed by atoms with Crippen molar-refractivity contribution in [2.45, 2.75) is 52.1 Å². The van der Waals surface area contributed by atoms with E-state index in [0.717, 1.165) is 71.7 Å². The Kier molecular flexibility index (Phi) is 16.0. The van der Waals surface area contributed by atoms with Gasteiger partial charge in [-0.15, -0.1) is 0 Å². The first kappa shape index (κ1) is 28.2. The number of hydrogen-bond acceptors (Lipinski definition) is 7. The summed E-state index contributed by atoms with van der Waals surface area (Å²) < 4.78 is 0. The Hall–Kier alpha value is -1.75. The maximum atomic E-state index is 9.90. The predicted octanol–water partition coefficient (Wildman–Crippen LogP) is 0.497. The molecule has 10 heteroatoms. The molecule has 1 atom stereocenters. The molecule has 3 fully saturated rings. The third-order valence-electron chi connectivity index (χ3n) is 4.25. The number of aliphatic hydroxyl groups is 1. The molecular weight excluding hydrogens is 394 g/mol. The predicted molar refractivity (Wildman–Crippen MR) is 113 cm³/mol. The maximum absolute atomic E-state index is 9.90.